The fourth-order valence-electron chi connectivity index (χ4n) is 1.89. The molecule has 0 aromatic rings. The number of nitrogens with one attached hydrogen (secondary N) is 1. The smallest absolute Gasteiger partial charge is 0.302 e. The molecule has 0 aliphatic carbocycles. The third kappa shape index (κ3) is 15.4. The van der Waals surface area contributed by atoms with Crippen molar-refractivity contribution in [3.63, 3.8) is 0 Å². The summed E-state index contributed by atoms with van der Waals surface area (Å²) in [4.78, 5) is 11.3. The first-order chi connectivity index (χ1) is 8.95. The molecule has 0 unspecified atom stereocenters. The predicted octanol–water partition coefficient (Wildman–Crippen LogP) is 4.24. The monoisotopic (exact) mass is 281 g/mol. The molecule has 2 nitrogen and oxygen atoms in total. The maximum atomic E-state index is 11.8. The molecule has 0 amide bonds. The van der Waals surface area contributed by atoms with Crippen molar-refractivity contribution in [1.29, 1.82) is 0 Å². The van der Waals surface area contributed by atoms with E-state index in [9.17, 15) is 18.0 Å². The predicted molar refractivity (Wildman–Crippen MR) is 71.2 cm³/mol. The van der Waals surface area contributed by atoms with Crippen molar-refractivity contribution in [3.05, 3.63) is 0 Å². The molecule has 19 heavy (non-hydrogen) atoms. The highest BCUT2D eigenvalue weighted by Crippen LogP contribution is 2.12. The van der Waals surface area contributed by atoms with Gasteiger partial charge in [0.2, 0.25) is 0 Å². The van der Waals surface area contributed by atoms with Gasteiger partial charge in [-0.3, -0.25) is 4.79 Å². The van der Waals surface area contributed by atoms with Gasteiger partial charge in [0.15, 0.2) is 0 Å². The summed E-state index contributed by atoms with van der Waals surface area (Å²) in [6.45, 7) is 0.921. The van der Waals surface area contributed by atoms with Crippen LogP contribution in [0.1, 0.15) is 64.7 Å². The van der Waals surface area contributed by atoms with Crippen LogP contribution in [-0.2, 0) is 4.79 Å². The maximum absolute atomic E-state index is 11.8. The molecule has 0 atom stereocenters. The van der Waals surface area contributed by atoms with Gasteiger partial charge < -0.3 is 5.32 Å². The number of hydrogen-bond acceptors (Lipinski definition) is 2. The molecule has 0 spiro atoms. The Labute approximate surface area is 114 Å². The topological polar surface area (TPSA) is 29.1 Å². The second-order valence-corrected chi connectivity index (χ2v) is 4.98. The second-order valence-electron chi connectivity index (χ2n) is 4.98. The lowest BCUT2D eigenvalue weighted by Crippen LogP contribution is -2.32. The standard InChI is InChI=1S/C14H26F3NO/c1-2-3-4-5-6-7-8-9-10-13(19)11-18-12-14(15,16)17/h18H,2-12H2,1H3. The Morgan fingerprint density at radius 1 is 0.947 bits per heavy atom. The first kappa shape index (κ1) is 18.4. The highest BCUT2D eigenvalue weighted by Gasteiger charge is 2.26. The van der Waals surface area contributed by atoms with Crippen molar-refractivity contribution < 1.29 is 18.0 Å². The Morgan fingerprint density at radius 2 is 1.47 bits per heavy atom. The molecule has 0 rings (SSSR count). The molecule has 114 valence electrons. The maximum Gasteiger partial charge on any atom is 0.401 e. The van der Waals surface area contributed by atoms with E-state index in [0.29, 0.717) is 6.42 Å². The number of alkyl halides is 3. The summed E-state index contributed by atoms with van der Waals surface area (Å²) in [7, 11) is 0. The number of halogens is 3. The quantitative estimate of drug-likeness (QED) is 0.542. The van der Waals surface area contributed by atoms with Crippen LogP contribution in [0.4, 0.5) is 13.2 Å². The number of unbranched alkanes of at least 4 members (excludes halogenated alkanes) is 7. The van der Waals surface area contributed by atoms with E-state index >= 15 is 0 Å². The van der Waals surface area contributed by atoms with Gasteiger partial charge in [-0.1, -0.05) is 51.9 Å². The molecule has 0 aliphatic heterocycles. The minimum Gasteiger partial charge on any atom is -0.302 e. The van der Waals surface area contributed by atoms with Crippen LogP contribution >= 0.6 is 0 Å². The first-order valence-corrected chi connectivity index (χ1v) is 7.25. The van der Waals surface area contributed by atoms with E-state index in [1.165, 1.54) is 32.1 Å². The van der Waals surface area contributed by atoms with Crippen molar-refractivity contribution in [3.8, 4) is 0 Å². The van der Waals surface area contributed by atoms with E-state index < -0.39 is 12.7 Å². The number of rotatable bonds is 12. The first-order valence-electron chi connectivity index (χ1n) is 7.25. The van der Waals surface area contributed by atoms with E-state index in [4.69, 9.17) is 0 Å². The minimum atomic E-state index is -4.24. The van der Waals surface area contributed by atoms with Crippen LogP contribution in [0.5, 0.6) is 0 Å². The molecule has 5 heteroatoms. The fourth-order valence-corrected chi connectivity index (χ4v) is 1.89. The van der Waals surface area contributed by atoms with Crippen LogP contribution in [0.3, 0.4) is 0 Å². The van der Waals surface area contributed by atoms with Gasteiger partial charge in [0, 0.05) is 6.42 Å². The van der Waals surface area contributed by atoms with Crippen LogP contribution < -0.4 is 5.32 Å². The summed E-state index contributed by atoms with van der Waals surface area (Å²) < 4.78 is 35.4. The number of carbonyl (C=O) groups is 1. The molecule has 0 saturated carbocycles. The lowest BCUT2D eigenvalue weighted by Gasteiger charge is -2.07. The molecule has 0 radical (unpaired) electrons. The summed E-state index contributed by atoms with van der Waals surface area (Å²) in [6, 6.07) is 0. The summed E-state index contributed by atoms with van der Waals surface area (Å²) in [5, 5.41) is 2.13. The molecule has 0 aromatic carbocycles. The second kappa shape index (κ2) is 11.3. The third-order valence-electron chi connectivity index (χ3n) is 2.96. The molecule has 0 heterocycles. The van der Waals surface area contributed by atoms with Crippen molar-refractivity contribution in [1.82, 2.24) is 5.32 Å². The van der Waals surface area contributed by atoms with Crippen LogP contribution in [0, 0.1) is 0 Å². The number of carbonyl (C=O) groups excluding carboxylic acids is 1. The average Bonchev–Trinajstić information content (AvgIpc) is 2.31. The summed E-state index contributed by atoms with van der Waals surface area (Å²) in [5.41, 5.74) is 0. The van der Waals surface area contributed by atoms with Gasteiger partial charge in [0.1, 0.15) is 5.78 Å². The fraction of sp³-hybridized carbons (Fsp3) is 0.929. The normalized spacial score (nSPS) is 11.8. The average molecular weight is 281 g/mol. The third-order valence-corrected chi connectivity index (χ3v) is 2.96. The van der Waals surface area contributed by atoms with Crippen LogP contribution in [0.2, 0.25) is 0 Å². The molecular weight excluding hydrogens is 255 g/mol. The van der Waals surface area contributed by atoms with E-state index in [1.54, 1.807) is 0 Å². The van der Waals surface area contributed by atoms with Gasteiger partial charge in [0.25, 0.3) is 0 Å². The zero-order valence-corrected chi connectivity index (χ0v) is 11.8. The highest BCUT2D eigenvalue weighted by molar-refractivity contribution is 5.80. The van der Waals surface area contributed by atoms with Gasteiger partial charge in [-0.05, 0) is 6.42 Å². The van der Waals surface area contributed by atoms with Crippen molar-refractivity contribution in [2.45, 2.75) is 70.9 Å². The summed E-state index contributed by atoms with van der Waals surface area (Å²) >= 11 is 0. The lowest BCUT2D eigenvalue weighted by molar-refractivity contribution is -0.127. The minimum absolute atomic E-state index is 0.129. The van der Waals surface area contributed by atoms with E-state index in [-0.39, 0.29) is 12.3 Å². The Kier molecular flexibility index (Phi) is 10.9. The molecular formula is C14H26F3NO. The van der Waals surface area contributed by atoms with Crippen LogP contribution in [-0.4, -0.2) is 25.0 Å². The molecule has 0 aliphatic rings. The Balaban J connectivity index is 3.25. The summed E-state index contributed by atoms with van der Waals surface area (Å²) in [5.74, 6) is -0.129. The Morgan fingerprint density at radius 3 is 2.00 bits per heavy atom. The SMILES string of the molecule is CCCCCCCCCCC(=O)CNCC(F)(F)F. The molecule has 0 aromatic heterocycles. The highest BCUT2D eigenvalue weighted by atomic mass is 19.4. The van der Waals surface area contributed by atoms with Crippen molar-refractivity contribution in [2.75, 3.05) is 13.1 Å². The number of hydrogen-bond donors (Lipinski definition) is 1. The van der Waals surface area contributed by atoms with Crippen LogP contribution in [0.15, 0.2) is 0 Å². The zero-order valence-electron chi connectivity index (χ0n) is 11.8. The molecule has 1 N–H and O–H groups in total. The number of ketones is 1. The van der Waals surface area contributed by atoms with Gasteiger partial charge in [-0.25, -0.2) is 0 Å². The van der Waals surface area contributed by atoms with Crippen LogP contribution in [0.25, 0.3) is 0 Å². The largest absolute Gasteiger partial charge is 0.401 e. The van der Waals surface area contributed by atoms with Gasteiger partial charge in [0.05, 0.1) is 13.1 Å². The van der Waals surface area contributed by atoms with E-state index in [2.05, 4.69) is 12.2 Å². The zero-order chi connectivity index (χ0) is 14.6. The van der Waals surface area contributed by atoms with Gasteiger partial charge in [-0.15, -0.1) is 0 Å². The van der Waals surface area contributed by atoms with Gasteiger partial charge >= 0.3 is 6.18 Å². The number of Topliss-reactive ketones (excluding diaryl/α,β-unsaturated/α-hetero) is 1. The summed E-state index contributed by atoms with van der Waals surface area (Å²) in [6.07, 6.45) is 5.29. The lowest BCUT2D eigenvalue weighted by atomic mass is 10.1. The molecule has 0 bridgehead atoms. The molecule has 0 fully saturated rings. The van der Waals surface area contributed by atoms with Crippen molar-refractivity contribution in [2.24, 2.45) is 0 Å². The van der Waals surface area contributed by atoms with E-state index in [1.807, 2.05) is 0 Å². The molecule has 0 saturated heterocycles. The van der Waals surface area contributed by atoms with Gasteiger partial charge in [-0.2, -0.15) is 13.2 Å². The Bertz CT molecular complexity index is 229. The van der Waals surface area contributed by atoms with Crippen molar-refractivity contribution >= 4 is 5.78 Å². The van der Waals surface area contributed by atoms with E-state index in [0.717, 1.165) is 19.3 Å². The Hall–Kier alpha value is -0.580.